The molecule has 0 atom stereocenters. The highest BCUT2D eigenvalue weighted by Gasteiger charge is 2.19. The average Bonchev–Trinajstić information content (AvgIpc) is 2.71. The lowest BCUT2D eigenvalue weighted by Gasteiger charge is -2.36. The van der Waals surface area contributed by atoms with E-state index in [1.807, 2.05) is 18.2 Å². The summed E-state index contributed by atoms with van der Waals surface area (Å²) in [5.41, 5.74) is 1.46. The van der Waals surface area contributed by atoms with Crippen molar-refractivity contribution >= 4 is 11.4 Å². The van der Waals surface area contributed by atoms with E-state index in [0.29, 0.717) is 12.2 Å². The highest BCUT2D eigenvalue weighted by molar-refractivity contribution is 5.58. The van der Waals surface area contributed by atoms with Crippen molar-refractivity contribution in [3.8, 4) is 5.75 Å². The number of piperazine rings is 1. The van der Waals surface area contributed by atoms with Gasteiger partial charge in [-0.05, 0) is 18.2 Å². The fraction of sp³-hybridized carbons (Fsp3) is 0.474. The Morgan fingerprint density at radius 2 is 1.93 bits per heavy atom. The lowest BCUT2D eigenvalue weighted by Crippen LogP contribution is -2.47. The molecule has 0 radical (unpaired) electrons. The second-order valence-corrected chi connectivity index (χ2v) is 6.42. The molecule has 3 rings (SSSR count). The molecule has 2 N–H and O–H groups in total. The molecule has 0 saturated carbocycles. The van der Waals surface area contributed by atoms with Gasteiger partial charge in [-0.3, -0.25) is 9.69 Å². The van der Waals surface area contributed by atoms with Crippen molar-refractivity contribution in [3.63, 3.8) is 0 Å². The van der Waals surface area contributed by atoms with Crippen molar-refractivity contribution < 1.29 is 9.84 Å². The zero-order valence-corrected chi connectivity index (χ0v) is 15.7. The molecule has 8 heteroatoms. The van der Waals surface area contributed by atoms with Crippen molar-refractivity contribution in [2.45, 2.75) is 6.54 Å². The number of para-hydroxylation sites is 2. The van der Waals surface area contributed by atoms with Crippen LogP contribution < -0.4 is 20.5 Å². The van der Waals surface area contributed by atoms with Crippen LogP contribution in [0.4, 0.5) is 11.4 Å². The van der Waals surface area contributed by atoms with Gasteiger partial charge in [0, 0.05) is 45.5 Å². The van der Waals surface area contributed by atoms with Crippen LogP contribution >= 0.6 is 0 Å². The molecule has 1 fully saturated rings. The highest BCUT2D eigenvalue weighted by Crippen LogP contribution is 2.28. The van der Waals surface area contributed by atoms with Crippen molar-refractivity contribution in [2.24, 2.45) is 0 Å². The first-order valence-corrected chi connectivity index (χ1v) is 9.24. The van der Waals surface area contributed by atoms with E-state index in [4.69, 9.17) is 9.84 Å². The normalized spacial score (nSPS) is 15.0. The van der Waals surface area contributed by atoms with Crippen LogP contribution in [0.5, 0.6) is 5.75 Å². The van der Waals surface area contributed by atoms with Crippen molar-refractivity contribution in [1.29, 1.82) is 0 Å². The third-order valence-electron chi connectivity index (χ3n) is 4.77. The lowest BCUT2D eigenvalue weighted by molar-refractivity contribution is 0.265. The van der Waals surface area contributed by atoms with Crippen LogP contribution in [-0.4, -0.2) is 72.8 Å². The number of methoxy groups -OCH3 is 1. The van der Waals surface area contributed by atoms with Gasteiger partial charge in [-0.1, -0.05) is 12.1 Å². The molecule has 0 amide bonds. The molecule has 1 aliphatic rings. The fourth-order valence-electron chi connectivity index (χ4n) is 3.29. The molecule has 1 aromatic carbocycles. The molecule has 0 spiro atoms. The maximum atomic E-state index is 12.2. The summed E-state index contributed by atoms with van der Waals surface area (Å²) < 4.78 is 6.73. The number of aliphatic hydroxyl groups excluding tert-OH is 1. The fourth-order valence-corrected chi connectivity index (χ4v) is 3.29. The van der Waals surface area contributed by atoms with E-state index in [1.165, 1.54) is 4.68 Å². The molecule has 27 heavy (non-hydrogen) atoms. The Morgan fingerprint density at radius 3 is 2.67 bits per heavy atom. The summed E-state index contributed by atoms with van der Waals surface area (Å²) in [6, 6.07) is 9.78. The lowest BCUT2D eigenvalue weighted by atomic mass is 10.2. The standard InChI is InChI=1S/C19H27N5O3/c1-27-18-5-3-2-4-17(18)23-12-10-22(11-13-23)9-8-20-16-6-7-21-24(14-15-25)19(16)26/h2-7,20,25H,8-15H2,1H3. The molecule has 2 aromatic rings. The first-order chi connectivity index (χ1) is 13.2. The summed E-state index contributed by atoms with van der Waals surface area (Å²) in [7, 11) is 1.70. The zero-order chi connectivity index (χ0) is 19.1. The van der Waals surface area contributed by atoms with Gasteiger partial charge >= 0.3 is 0 Å². The number of benzene rings is 1. The molecule has 8 nitrogen and oxygen atoms in total. The number of rotatable bonds is 8. The third-order valence-corrected chi connectivity index (χ3v) is 4.77. The van der Waals surface area contributed by atoms with Crippen LogP contribution in [0, 0.1) is 0 Å². The molecule has 0 bridgehead atoms. The molecule has 146 valence electrons. The minimum atomic E-state index is -0.201. The monoisotopic (exact) mass is 373 g/mol. The van der Waals surface area contributed by atoms with Crippen molar-refractivity contribution in [2.75, 3.05) is 63.2 Å². The second kappa shape index (κ2) is 9.38. The summed E-state index contributed by atoms with van der Waals surface area (Å²) >= 11 is 0. The van der Waals surface area contributed by atoms with E-state index in [0.717, 1.165) is 44.2 Å². The first-order valence-electron chi connectivity index (χ1n) is 9.24. The van der Waals surface area contributed by atoms with Crippen molar-refractivity contribution in [1.82, 2.24) is 14.7 Å². The molecule has 1 saturated heterocycles. The number of hydrogen-bond donors (Lipinski definition) is 2. The van der Waals surface area contributed by atoms with Gasteiger partial charge < -0.3 is 20.1 Å². The molecule has 0 aliphatic carbocycles. The minimum Gasteiger partial charge on any atom is -0.495 e. The maximum absolute atomic E-state index is 12.2. The van der Waals surface area contributed by atoms with Crippen LogP contribution in [0.15, 0.2) is 41.3 Å². The quantitative estimate of drug-likeness (QED) is 0.696. The van der Waals surface area contributed by atoms with E-state index in [9.17, 15) is 4.79 Å². The van der Waals surface area contributed by atoms with Crippen LogP contribution in [0.25, 0.3) is 0 Å². The maximum Gasteiger partial charge on any atom is 0.290 e. The first kappa shape index (κ1) is 19.2. The summed E-state index contributed by atoms with van der Waals surface area (Å²) in [5, 5.41) is 16.1. The number of nitrogens with zero attached hydrogens (tertiary/aromatic N) is 4. The predicted octanol–water partition coefficient (Wildman–Crippen LogP) is 0.478. The van der Waals surface area contributed by atoms with Crippen LogP contribution in [0.2, 0.25) is 0 Å². The number of hydrogen-bond acceptors (Lipinski definition) is 7. The van der Waals surface area contributed by atoms with Crippen LogP contribution in [-0.2, 0) is 6.54 Å². The molecule has 1 aliphatic heterocycles. The molecule has 1 aromatic heterocycles. The summed E-state index contributed by atoms with van der Waals surface area (Å²) in [6.45, 7) is 5.47. The SMILES string of the molecule is COc1ccccc1N1CCN(CCNc2ccnn(CCO)c2=O)CC1. The minimum absolute atomic E-state index is 0.104. The third kappa shape index (κ3) is 4.78. The number of aliphatic hydroxyl groups is 1. The Balaban J connectivity index is 1.48. The van der Waals surface area contributed by atoms with Gasteiger partial charge in [0.15, 0.2) is 0 Å². The summed E-state index contributed by atoms with van der Waals surface area (Å²) in [5.74, 6) is 0.907. The Labute approximate surface area is 159 Å². The van der Waals surface area contributed by atoms with E-state index in [-0.39, 0.29) is 18.7 Å². The molecular formula is C19H27N5O3. The van der Waals surface area contributed by atoms with Crippen molar-refractivity contribution in [3.05, 3.63) is 46.9 Å². The second-order valence-electron chi connectivity index (χ2n) is 6.42. The molecule has 2 heterocycles. The van der Waals surface area contributed by atoms with E-state index in [1.54, 1.807) is 19.4 Å². The van der Waals surface area contributed by atoms with E-state index >= 15 is 0 Å². The molecule has 0 unspecified atom stereocenters. The number of aromatic nitrogens is 2. The van der Waals surface area contributed by atoms with Gasteiger partial charge in [0.25, 0.3) is 5.56 Å². The number of ether oxygens (including phenoxy) is 1. The Morgan fingerprint density at radius 1 is 1.15 bits per heavy atom. The van der Waals surface area contributed by atoms with Gasteiger partial charge in [-0.25, -0.2) is 4.68 Å². The van der Waals surface area contributed by atoms with Gasteiger partial charge in [0.05, 0.1) is 25.9 Å². The smallest absolute Gasteiger partial charge is 0.290 e. The molecular weight excluding hydrogens is 346 g/mol. The van der Waals surface area contributed by atoms with Gasteiger partial charge in [-0.2, -0.15) is 5.10 Å². The zero-order valence-electron chi connectivity index (χ0n) is 15.7. The largest absolute Gasteiger partial charge is 0.495 e. The predicted molar refractivity (Wildman–Crippen MR) is 106 cm³/mol. The van der Waals surface area contributed by atoms with Gasteiger partial charge in [0.2, 0.25) is 0 Å². The highest BCUT2D eigenvalue weighted by atomic mass is 16.5. The summed E-state index contributed by atoms with van der Waals surface area (Å²) in [4.78, 5) is 16.9. The summed E-state index contributed by atoms with van der Waals surface area (Å²) in [6.07, 6.45) is 1.57. The van der Waals surface area contributed by atoms with Gasteiger partial charge in [0.1, 0.15) is 11.4 Å². The topological polar surface area (TPSA) is 82.9 Å². The Hall–Kier alpha value is -2.58. The van der Waals surface area contributed by atoms with E-state index in [2.05, 4.69) is 26.3 Å². The van der Waals surface area contributed by atoms with Crippen LogP contribution in [0.1, 0.15) is 0 Å². The number of nitrogens with one attached hydrogen (secondary N) is 1. The van der Waals surface area contributed by atoms with Gasteiger partial charge in [-0.15, -0.1) is 0 Å². The Kier molecular flexibility index (Phi) is 6.67. The Bertz CT molecular complexity index is 787. The van der Waals surface area contributed by atoms with E-state index < -0.39 is 0 Å². The average molecular weight is 373 g/mol. The number of anilines is 2. The van der Waals surface area contributed by atoms with Crippen LogP contribution in [0.3, 0.4) is 0 Å².